The van der Waals surface area contributed by atoms with E-state index in [1.807, 2.05) is 51.1 Å². The topological polar surface area (TPSA) is 32.9 Å². The lowest BCUT2D eigenvalue weighted by atomic mass is 10.0. The molecular weight excluding hydrogens is 198 g/mol. The fourth-order valence-electron chi connectivity index (χ4n) is 1.90. The van der Waals surface area contributed by atoms with E-state index in [2.05, 4.69) is 4.98 Å². The van der Waals surface area contributed by atoms with Crippen molar-refractivity contribution in [3.8, 4) is 0 Å². The molecule has 0 bridgehead atoms. The molecule has 1 heterocycles. The van der Waals surface area contributed by atoms with Crippen molar-refractivity contribution in [2.24, 2.45) is 0 Å². The normalized spacial score (nSPS) is 10.4. The highest BCUT2D eigenvalue weighted by Gasteiger charge is 2.13. The van der Waals surface area contributed by atoms with Crippen molar-refractivity contribution in [1.82, 2.24) is 4.98 Å². The third kappa shape index (κ3) is 1.91. The van der Waals surface area contributed by atoms with Crippen LogP contribution in [0.25, 0.3) is 0 Å². The SMILES string of the molecule is Cc1cccc(C(=O)c2[nH]c(C)cc2C)c1. The number of aromatic amines is 1. The highest BCUT2D eigenvalue weighted by molar-refractivity contribution is 6.08. The lowest BCUT2D eigenvalue weighted by Crippen LogP contribution is -2.03. The molecule has 0 amide bonds. The van der Waals surface area contributed by atoms with E-state index in [0.29, 0.717) is 5.69 Å². The molecule has 0 saturated carbocycles. The van der Waals surface area contributed by atoms with Crippen LogP contribution < -0.4 is 0 Å². The van der Waals surface area contributed by atoms with Crippen molar-refractivity contribution in [2.75, 3.05) is 0 Å². The summed E-state index contributed by atoms with van der Waals surface area (Å²) >= 11 is 0. The molecule has 0 aliphatic rings. The predicted octanol–water partition coefficient (Wildman–Crippen LogP) is 3.17. The minimum atomic E-state index is 0.0642. The van der Waals surface area contributed by atoms with E-state index in [1.54, 1.807) is 0 Å². The van der Waals surface area contributed by atoms with Gasteiger partial charge >= 0.3 is 0 Å². The van der Waals surface area contributed by atoms with Crippen LogP contribution in [-0.4, -0.2) is 10.8 Å². The van der Waals surface area contributed by atoms with Crippen LogP contribution in [0.15, 0.2) is 30.3 Å². The van der Waals surface area contributed by atoms with Crippen molar-refractivity contribution < 1.29 is 4.79 Å². The molecule has 0 spiro atoms. The van der Waals surface area contributed by atoms with Gasteiger partial charge in [-0.1, -0.05) is 23.8 Å². The summed E-state index contributed by atoms with van der Waals surface area (Å²) in [6, 6.07) is 9.66. The van der Waals surface area contributed by atoms with Crippen molar-refractivity contribution in [3.05, 3.63) is 58.4 Å². The van der Waals surface area contributed by atoms with Gasteiger partial charge in [0.15, 0.2) is 0 Å². The number of nitrogens with one attached hydrogen (secondary N) is 1. The lowest BCUT2D eigenvalue weighted by Gasteiger charge is -2.01. The highest BCUT2D eigenvalue weighted by Crippen LogP contribution is 2.15. The molecule has 2 rings (SSSR count). The van der Waals surface area contributed by atoms with Crippen molar-refractivity contribution in [1.29, 1.82) is 0 Å². The van der Waals surface area contributed by atoms with Crippen LogP contribution in [0.2, 0.25) is 0 Å². The van der Waals surface area contributed by atoms with Crippen LogP contribution in [0.4, 0.5) is 0 Å². The maximum atomic E-state index is 12.2. The third-order valence-electron chi connectivity index (χ3n) is 2.66. The van der Waals surface area contributed by atoms with Gasteiger partial charge in [0.1, 0.15) is 0 Å². The van der Waals surface area contributed by atoms with Gasteiger partial charge in [0.2, 0.25) is 5.78 Å². The van der Waals surface area contributed by atoms with Crippen LogP contribution in [0.1, 0.15) is 32.9 Å². The summed E-state index contributed by atoms with van der Waals surface area (Å²) in [7, 11) is 0. The first-order chi connectivity index (χ1) is 7.58. The summed E-state index contributed by atoms with van der Waals surface area (Å²) in [6.07, 6.45) is 0. The fourth-order valence-corrected chi connectivity index (χ4v) is 1.90. The zero-order chi connectivity index (χ0) is 11.7. The molecule has 0 atom stereocenters. The zero-order valence-corrected chi connectivity index (χ0v) is 9.79. The first kappa shape index (κ1) is 10.7. The molecular formula is C14H15NO. The molecule has 1 aromatic carbocycles. The van der Waals surface area contributed by atoms with E-state index in [9.17, 15) is 4.79 Å². The second kappa shape index (κ2) is 3.97. The Kier molecular flexibility index (Phi) is 2.65. The summed E-state index contributed by atoms with van der Waals surface area (Å²) in [5.74, 6) is 0.0642. The number of rotatable bonds is 2. The van der Waals surface area contributed by atoms with Gasteiger partial charge in [0.25, 0.3) is 0 Å². The molecule has 16 heavy (non-hydrogen) atoms. The van der Waals surface area contributed by atoms with Gasteiger partial charge in [-0.2, -0.15) is 0 Å². The van der Waals surface area contributed by atoms with E-state index in [1.165, 1.54) is 0 Å². The number of aryl methyl sites for hydroxylation is 3. The summed E-state index contributed by atoms with van der Waals surface area (Å²) in [5, 5.41) is 0. The fraction of sp³-hybridized carbons (Fsp3) is 0.214. The van der Waals surface area contributed by atoms with Gasteiger partial charge in [-0.05, 0) is 38.5 Å². The molecule has 0 fully saturated rings. The van der Waals surface area contributed by atoms with E-state index in [4.69, 9.17) is 0 Å². The molecule has 0 radical (unpaired) electrons. The van der Waals surface area contributed by atoms with E-state index in [-0.39, 0.29) is 5.78 Å². The Balaban J connectivity index is 2.43. The number of ketones is 1. The van der Waals surface area contributed by atoms with Crippen LogP contribution in [0, 0.1) is 20.8 Å². The van der Waals surface area contributed by atoms with Gasteiger partial charge < -0.3 is 4.98 Å². The van der Waals surface area contributed by atoms with Gasteiger partial charge in [-0.25, -0.2) is 0 Å². The molecule has 0 aliphatic heterocycles. The van der Waals surface area contributed by atoms with E-state index < -0.39 is 0 Å². The van der Waals surface area contributed by atoms with Crippen molar-refractivity contribution in [2.45, 2.75) is 20.8 Å². The van der Waals surface area contributed by atoms with E-state index >= 15 is 0 Å². The molecule has 2 nitrogen and oxygen atoms in total. The number of hydrogen-bond acceptors (Lipinski definition) is 1. The minimum Gasteiger partial charge on any atom is -0.356 e. The van der Waals surface area contributed by atoms with Gasteiger partial charge in [0, 0.05) is 11.3 Å². The lowest BCUT2D eigenvalue weighted by molar-refractivity contribution is 0.103. The van der Waals surface area contributed by atoms with Gasteiger partial charge in [-0.3, -0.25) is 4.79 Å². The number of hydrogen-bond donors (Lipinski definition) is 1. The Bertz CT molecular complexity index is 537. The molecule has 2 heteroatoms. The maximum Gasteiger partial charge on any atom is 0.209 e. The van der Waals surface area contributed by atoms with Crippen LogP contribution in [0.5, 0.6) is 0 Å². The second-order valence-corrected chi connectivity index (χ2v) is 4.21. The van der Waals surface area contributed by atoms with Crippen LogP contribution in [-0.2, 0) is 0 Å². The average Bonchev–Trinajstić information content (AvgIpc) is 2.57. The van der Waals surface area contributed by atoms with E-state index in [0.717, 1.165) is 22.4 Å². The zero-order valence-electron chi connectivity index (χ0n) is 9.79. The highest BCUT2D eigenvalue weighted by atomic mass is 16.1. The molecule has 1 aromatic heterocycles. The first-order valence-corrected chi connectivity index (χ1v) is 5.35. The van der Waals surface area contributed by atoms with Crippen molar-refractivity contribution in [3.63, 3.8) is 0 Å². The first-order valence-electron chi connectivity index (χ1n) is 5.35. The largest absolute Gasteiger partial charge is 0.356 e. The standard InChI is InChI=1S/C14H15NO/c1-9-5-4-6-12(7-9)14(16)13-10(2)8-11(3)15-13/h4-8,15H,1-3H3. The monoisotopic (exact) mass is 213 g/mol. The smallest absolute Gasteiger partial charge is 0.209 e. The predicted molar refractivity (Wildman–Crippen MR) is 64.9 cm³/mol. The second-order valence-electron chi connectivity index (χ2n) is 4.21. The molecule has 1 N–H and O–H groups in total. The average molecular weight is 213 g/mol. The number of H-pyrrole nitrogens is 1. The summed E-state index contributed by atoms with van der Waals surface area (Å²) in [5.41, 5.74) is 4.57. The summed E-state index contributed by atoms with van der Waals surface area (Å²) < 4.78 is 0. The molecule has 2 aromatic rings. The molecule has 0 saturated heterocycles. The van der Waals surface area contributed by atoms with Gasteiger partial charge in [0.05, 0.1) is 5.69 Å². The number of benzene rings is 1. The Labute approximate surface area is 95.3 Å². The molecule has 82 valence electrons. The number of carbonyl (C=O) groups is 1. The Morgan fingerprint density at radius 3 is 2.44 bits per heavy atom. The summed E-state index contributed by atoms with van der Waals surface area (Å²) in [4.78, 5) is 15.3. The quantitative estimate of drug-likeness (QED) is 0.763. The number of aromatic nitrogens is 1. The Morgan fingerprint density at radius 1 is 1.12 bits per heavy atom. The Morgan fingerprint density at radius 2 is 1.88 bits per heavy atom. The molecule has 0 aliphatic carbocycles. The molecule has 0 unspecified atom stereocenters. The van der Waals surface area contributed by atoms with Crippen molar-refractivity contribution >= 4 is 5.78 Å². The van der Waals surface area contributed by atoms with Crippen LogP contribution >= 0.6 is 0 Å². The Hall–Kier alpha value is -1.83. The van der Waals surface area contributed by atoms with Crippen LogP contribution in [0.3, 0.4) is 0 Å². The minimum absolute atomic E-state index is 0.0642. The third-order valence-corrected chi connectivity index (χ3v) is 2.66. The van der Waals surface area contributed by atoms with Gasteiger partial charge in [-0.15, -0.1) is 0 Å². The summed E-state index contributed by atoms with van der Waals surface area (Å²) in [6.45, 7) is 5.90. The maximum absolute atomic E-state index is 12.2. The number of carbonyl (C=O) groups excluding carboxylic acids is 1.